The Hall–Kier alpha value is 1.96. The van der Waals surface area contributed by atoms with Crippen LogP contribution in [0.15, 0.2) is 32.0 Å². The molecule has 0 bridgehead atoms. The summed E-state index contributed by atoms with van der Waals surface area (Å²) in [5.74, 6) is 0. The molecule has 18 nitrogen and oxygen atoms in total. The summed E-state index contributed by atoms with van der Waals surface area (Å²) in [7, 11) is 0. The van der Waals surface area contributed by atoms with Crippen LogP contribution in [-0.4, -0.2) is 31.2 Å². The van der Waals surface area contributed by atoms with E-state index in [0.29, 0.717) is 0 Å². The van der Waals surface area contributed by atoms with E-state index in [2.05, 4.69) is 0 Å². The van der Waals surface area contributed by atoms with Crippen molar-refractivity contribution in [3.8, 4) is 0 Å². The van der Waals surface area contributed by atoms with Crippen molar-refractivity contribution in [1.29, 1.82) is 0 Å². The molecule has 0 saturated heterocycles. The molecule has 114 valence electrons. The van der Waals surface area contributed by atoms with Crippen LogP contribution in [0.5, 0.6) is 0 Å². The zero-order valence-corrected chi connectivity index (χ0v) is 22.9. The van der Waals surface area contributed by atoms with Crippen LogP contribution in [0, 0.1) is 29.4 Å². The van der Waals surface area contributed by atoms with Gasteiger partial charge in [-0.1, -0.05) is 0 Å². The maximum absolute atomic E-state index is 8.11. The molecule has 22 heavy (non-hydrogen) atoms. The molecule has 0 fully saturated rings. The van der Waals surface area contributed by atoms with Gasteiger partial charge in [0.2, 0.25) is 0 Å². The summed E-state index contributed by atoms with van der Waals surface area (Å²) in [6, 6.07) is 0. The summed E-state index contributed by atoms with van der Waals surface area (Å²) in [4.78, 5) is 48.7. The Morgan fingerprint density at radius 2 is 0.364 bits per heavy atom. The summed E-state index contributed by atoms with van der Waals surface area (Å²) in [6.07, 6.45) is 0. The van der Waals surface area contributed by atoms with Crippen LogP contribution >= 0.6 is 0 Å². The fourth-order valence-electron chi connectivity index (χ4n) is 0. The second kappa shape index (κ2) is 175. The molecular weight excluding hydrogens is 586 g/mol. The molecule has 0 aromatic carbocycles. The maximum Gasteiger partial charge on any atom is 3.00 e. The second-order valence-corrected chi connectivity index (χ2v) is 0.490. The average molecular weight is 592 g/mol. The standard InChI is InChI=1S/Ir.3K.6HNO2/c;;;;6*2-1-3/h;;;;6*(H,2,3)/q+3;3*+1;;;;;;. The Morgan fingerprint density at radius 3 is 0.364 bits per heavy atom. The van der Waals surface area contributed by atoms with Crippen LogP contribution in [0.25, 0.3) is 0 Å². The van der Waals surface area contributed by atoms with Gasteiger partial charge in [-0.2, -0.15) is 0 Å². The molecule has 0 radical (unpaired) electrons. The van der Waals surface area contributed by atoms with E-state index in [9.17, 15) is 0 Å². The second-order valence-electron chi connectivity index (χ2n) is 0.490. The first-order chi connectivity index (χ1) is 8.49. The Labute approximate surface area is 260 Å². The van der Waals surface area contributed by atoms with Crippen LogP contribution in [-0.2, 0) is 20.1 Å². The van der Waals surface area contributed by atoms with Crippen molar-refractivity contribution >= 4 is 0 Å². The van der Waals surface area contributed by atoms with Crippen LogP contribution in [0.1, 0.15) is 0 Å². The van der Waals surface area contributed by atoms with Gasteiger partial charge in [0, 0.05) is 0 Å². The van der Waals surface area contributed by atoms with E-state index in [0.717, 1.165) is 0 Å². The maximum atomic E-state index is 8.11. The Bertz CT molecular complexity index is 126. The van der Waals surface area contributed by atoms with E-state index in [1.165, 1.54) is 32.0 Å². The van der Waals surface area contributed by atoms with Gasteiger partial charge in [0.15, 0.2) is 32.0 Å². The SMILES string of the molecule is O=NO.O=NO.O=NO.O=NO.O=NO.O=NO.[Ir+3].[K+].[K+].[K+]. The first-order valence-corrected chi connectivity index (χ1v) is 2.30. The van der Waals surface area contributed by atoms with Gasteiger partial charge in [-0.3, -0.25) is 0 Å². The topological polar surface area (TPSA) is 298 Å². The fraction of sp³-hybridized carbons (Fsp3) is 0. The molecule has 0 rings (SSSR count). The number of hydrogen-bond acceptors (Lipinski definition) is 12. The Morgan fingerprint density at radius 1 is 0.364 bits per heavy atom. The predicted molar refractivity (Wildman–Crippen MR) is 45.5 cm³/mol. The molecule has 0 aromatic heterocycles. The summed E-state index contributed by atoms with van der Waals surface area (Å²) < 4.78 is 0. The van der Waals surface area contributed by atoms with Gasteiger partial charge in [0.1, 0.15) is 0 Å². The third kappa shape index (κ3) is 2510. The molecule has 0 spiro atoms. The summed E-state index contributed by atoms with van der Waals surface area (Å²) in [6.45, 7) is 0. The van der Waals surface area contributed by atoms with Crippen molar-refractivity contribution < 1.29 is 206 Å². The molecule has 0 heterocycles. The van der Waals surface area contributed by atoms with Gasteiger partial charge in [0.05, 0.1) is 0 Å². The third-order valence-corrected chi connectivity index (χ3v) is 0. The van der Waals surface area contributed by atoms with E-state index in [-0.39, 0.29) is 174 Å². The minimum atomic E-state index is 0. The van der Waals surface area contributed by atoms with E-state index in [4.69, 9.17) is 60.7 Å². The molecule has 0 unspecified atom stereocenters. The minimum absolute atomic E-state index is 0. The van der Waals surface area contributed by atoms with E-state index < -0.39 is 0 Å². The van der Waals surface area contributed by atoms with Crippen molar-refractivity contribution in [2.24, 2.45) is 32.0 Å². The van der Waals surface area contributed by atoms with Gasteiger partial charge < -0.3 is 31.2 Å². The molecule has 0 saturated carbocycles. The summed E-state index contributed by atoms with van der Waals surface area (Å²) in [5, 5.41) is 47.3. The molecule has 0 amide bonds. The van der Waals surface area contributed by atoms with Crippen molar-refractivity contribution in [2.75, 3.05) is 0 Å². The van der Waals surface area contributed by atoms with Crippen LogP contribution in [0.2, 0.25) is 0 Å². The van der Waals surface area contributed by atoms with Gasteiger partial charge in [0.25, 0.3) is 0 Å². The monoisotopic (exact) mass is 592 g/mol. The fourth-order valence-corrected chi connectivity index (χ4v) is 0. The molecule has 22 heteroatoms. The molecule has 0 aromatic rings. The molecule has 0 aliphatic heterocycles. The first kappa shape index (κ1) is 64.8. The molecule has 6 N–H and O–H groups in total. The number of hydrogen-bond donors (Lipinski definition) is 6. The van der Waals surface area contributed by atoms with E-state index >= 15 is 0 Å². The third-order valence-electron chi connectivity index (χ3n) is 0. The smallest absolute Gasteiger partial charge is 0.379 e. The Kier molecular flexibility index (Phi) is 515. The molecule has 0 atom stereocenters. The van der Waals surface area contributed by atoms with E-state index in [1.807, 2.05) is 0 Å². The van der Waals surface area contributed by atoms with Crippen LogP contribution < -0.4 is 154 Å². The van der Waals surface area contributed by atoms with Gasteiger partial charge in [-0.25, -0.2) is 0 Å². The van der Waals surface area contributed by atoms with Crippen LogP contribution in [0.4, 0.5) is 0 Å². The van der Waals surface area contributed by atoms with Crippen molar-refractivity contribution in [1.82, 2.24) is 0 Å². The normalized spacial score (nSPS) is 3.27. The van der Waals surface area contributed by atoms with Gasteiger partial charge >= 0.3 is 174 Å². The van der Waals surface area contributed by atoms with Crippen molar-refractivity contribution in [3.05, 3.63) is 29.4 Å². The molecule has 0 aliphatic carbocycles. The first-order valence-electron chi connectivity index (χ1n) is 2.30. The number of nitrogens with zero attached hydrogens (tertiary/aromatic N) is 6. The van der Waals surface area contributed by atoms with Crippen molar-refractivity contribution in [2.45, 2.75) is 0 Å². The van der Waals surface area contributed by atoms with Crippen molar-refractivity contribution in [3.63, 3.8) is 0 Å². The summed E-state index contributed by atoms with van der Waals surface area (Å²) >= 11 is 0. The minimum Gasteiger partial charge on any atom is -0.379 e. The predicted octanol–water partition coefficient (Wildman–Crippen LogP) is -8.14. The van der Waals surface area contributed by atoms with E-state index in [1.54, 1.807) is 0 Å². The van der Waals surface area contributed by atoms with Gasteiger partial charge in [-0.05, 0) is 0 Å². The molecular formula is H6IrK3N6O12+6. The van der Waals surface area contributed by atoms with Gasteiger partial charge in [-0.15, -0.1) is 29.4 Å². The molecule has 0 aliphatic rings. The Balaban J connectivity index is -0.00000000947. The zero-order valence-electron chi connectivity index (χ0n) is 11.1. The largest absolute Gasteiger partial charge is 3.00 e. The average Bonchev–Trinajstić information content (AvgIpc) is 2.23. The quantitative estimate of drug-likeness (QED) is 0.0869. The number of rotatable bonds is 0. The van der Waals surface area contributed by atoms with Crippen LogP contribution in [0.3, 0.4) is 0 Å². The zero-order chi connectivity index (χ0) is 16.2. The summed E-state index contributed by atoms with van der Waals surface area (Å²) in [5.41, 5.74) is 0.